The number of β-amino-alcohol motifs (C(OH)–C–C–N with tert-alkyl or cyclic N) is 1. The number of para-hydroxylation sites is 1. The fourth-order valence-corrected chi connectivity index (χ4v) is 3.84. The van der Waals surface area contributed by atoms with E-state index >= 15 is 0 Å². The van der Waals surface area contributed by atoms with E-state index in [1.165, 1.54) is 12.8 Å². The zero-order valence-electron chi connectivity index (χ0n) is 15.6. The number of aryl methyl sites for hydroxylation is 1. The number of aliphatic hydroxyl groups excluding tert-OH is 1. The first-order valence-electron chi connectivity index (χ1n) is 9.32. The number of nitrogens with zero attached hydrogens (tertiary/aromatic N) is 4. The van der Waals surface area contributed by atoms with Crippen molar-refractivity contribution in [3.8, 4) is 0 Å². The van der Waals surface area contributed by atoms with Crippen LogP contribution in [0.5, 0.6) is 0 Å². The van der Waals surface area contributed by atoms with Crippen LogP contribution in [0.4, 0.5) is 0 Å². The van der Waals surface area contributed by atoms with Gasteiger partial charge in [0.2, 0.25) is 0 Å². The highest BCUT2D eigenvalue weighted by atomic mass is 16.3. The third-order valence-electron chi connectivity index (χ3n) is 5.05. The summed E-state index contributed by atoms with van der Waals surface area (Å²) in [5.74, 6) is 1.63. The Morgan fingerprint density at radius 2 is 1.96 bits per heavy atom. The van der Waals surface area contributed by atoms with Gasteiger partial charge in [-0.25, -0.2) is 9.97 Å². The summed E-state index contributed by atoms with van der Waals surface area (Å²) in [4.78, 5) is 14.1. The van der Waals surface area contributed by atoms with Crippen molar-refractivity contribution in [1.29, 1.82) is 0 Å². The predicted molar refractivity (Wildman–Crippen MR) is 101 cm³/mol. The lowest BCUT2D eigenvalue weighted by molar-refractivity contribution is 0.0917. The third kappa shape index (κ3) is 4.97. The van der Waals surface area contributed by atoms with E-state index in [-0.39, 0.29) is 6.10 Å². The fraction of sp³-hybridized carbons (Fsp3) is 0.600. The molecule has 2 heterocycles. The number of rotatable bonds is 6. The molecule has 136 valence electrons. The van der Waals surface area contributed by atoms with Gasteiger partial charge in [-0.3, -0.25) is 4.90 Å². The van der Waals surface area contributed by atoms with Gasteiger partial charge in [0, 0.05) is 24.2 Å². The second-order valence-electron chi connectivity index (χ2n) is 7.53. The summed E-state index contributed by atoms with van der Waals surface area (Å²) >= 11 is 0. The first-order chi connectivity index (χ1) is 12.0. The van der Waals surface area contributed by atoms with Crippen molar-refractivity contribution in [1.82, 2.24) is 19.8 Å². The fourth-order valence-electron chi connectivity index (χ4n) is 3.84. The molecule has 0 amide bonds. The molecule has 1 aliphatic rings. The van der Waals surface area contributed by atoms with Gasteiger partial charge in [0.25, 0.3) is 0 Å². The van der Waals surface area contributed by atoms with E-state index in [1.54, 1.807) is 0 Å². The smallest absolute Gasteiger partial charge is 0.143 e. The molecule has 5 heteroatoms. The first kappa shape index (κ1) is 18.2. The van der Waals surface area contributed by atoms with Crippen LogP contribution in [-0.2, 0) is 6.54 Å². The molecule has 0 bridgehead atoms. The highest BCUT2D eigenvalue weighted by molar-refractivity contribution is 5.80. The predicted octanol–water partition coefficient (Wildman–Crippen LogP) is 2.46. The van der Waals surface area contributed by atoms with Crippen LogP contribution in [0.15, 0.2) is 24.3 Å². The van der Waals surface area contributed by atoms with Gasteiger partial charge in [-0.15, -0.1) is 0 Å². The topological polar surface area (TPSA) is 52.5 Å². The summed E-state index contributed by atoms with van der Waals surface area (Å²) in [6.45, 7) is 8.78. The van der Waals surface area contributed by atoms with Crippen LogP contribution >= 0.6 is 0 Å². The quantitative estimate of drug-likeness (QED) is 0.874. The van der Waals surface area contributed by atoms with Gasteiger partial charge in [-0.05, 0) is 58.8 Å². The molecule has 1 fully saturated rings. The molecule has 5 nitrogen and oxygen atoms in total. The third-order valence-corrected chi connectivity index (χ3v) is 5.05. The summed E-state index contributed by atoms with van der Waals surface area (Å²) < 4.78 is 0. The molecular weight excluding hydrogens is 312 g/mol. The van der Waals surface area contributed by atoms with Gasteiger partial charge in [0.05, 0.1) is 18.2 Å². The Morgan fingerprint density at radius 3 is 2.68 bits per heavy atom. The summed E-state index contributed by atoms with van der Waals surface area (Å²) in [5.41, 5.74) is 2.09. The van der Waals surface area contributed by atoms with E-state index in [9.17, 15) is 5.11 Å². The van der Waals surface area contributed by atoms with Crippen molar-refractivity contribution < 1.29 is 5.11 Å². The average molecular weight is 342 g/mol. The normalized spacial score (nSPS) is 18.1. The second kappa shape index (κ2) is 8.21. The summed E-state index contributed by atoms with van der Waals surface area (Å²) in [7, 11) is 2.16. The van der Waals surface area contributed by atoms with Gasteiger partial charge in [-0.1, -0.05) is 18.2 Å². The number of piperidine rings is 1. The van der Waals surface area contributed by atoms with E-state index in [0.717, 1.165) is 61.1 Å². The van der Waals surface area contributed by atoms with Gasteiger partial charge in [-0.2, -0.15) is 0 Å². The Bertz CT molecular complexity index is 695. The Kier molecular flexibility index (Phi) is 5.99. The molecule has 1 atom stereocenters. The lowest BCUT2D eigenvalue weighted by Gasteiger charge is -2.34. The molecule has 0 radical (unpaired) electrons. The first-order valence-corrected chi connectivity index (χ1v) is 9.32. The molecule has 1 N–H and O–H groups in total. The highest BCUT2D eigenvalue weighted by Crippen LogP contribution is 2.19. The highest BCUT2D eigenvalue weighted by Gasteiger charge is 2.21. The van der Waals surface area contributed by atoms with Crippen molar-refractivity contribution in [2.75, 3.05) is 33.2 Å². The lowest BCUT2D eigenvalue weighted by Crippen LogP contribution is -2.40. The maximum absolute atomic E-state index is 9.51. The van der Waals surface area contributed by atoms with Gasteiger partial charge >= 0.3 is 0 Å². The van der Waals surface area contributed by atoms with Crippen LogP contribution in [0.25, 0.3) is 10.9 Å². The van der Waals surface area contributed by atoms with Crippen LogP contribution in [0.1, 0.15) is 31.3 Å². The molecule has 1 aromatic carbocycles. The average Bonchev–Trinajstić information content (AvgIpc) is 2.56. The Balaban J connectivity index is 1.54. The Hall–Kier alpha value is -1.56. The molecule has 1 aromatic heterocycles. The number of fused-ring (bicyclic) bond motifs is 1. The summed E-state index contributed by atoms with van der Waals surface area (Å²) in [6.07, 6.45) is 2.18. The van der Waals surface area contributed by atoms with Crippen LogP contribution in [-0.4, -0.2) is 64.2 Å². The van der Waals surface area contributed by atoms with Gasteiger partial charge < -0.3 is 10.0 Å². The van der Waals surface area contributed by atoms with Gasteiger partial charge in [0.15, 0.2) is 0 Å². The zero-order chi connectivity index (χ0) is 17.8. The molecule has 2 aromatic rings. The number of likely N-dealkylation sites (tertiary alicyclic amines) is 1. The number of benzene rings is 1. The molecule has 0 saturated carbocycles. The molecule has 3 rings (SSSR count). The standard InChI is InChI=1S/C20H30N4O/c1-15(25)12-24-10-8-17(9-11-24)13-23(3)14-20-21-16(2)18-6-4-5-7-19(18)22-20/h4-7,15,17,25H,8-14H2,1-3H3/t15-/m1/s1. The minimum absolute atomic E-state index is 0.229. The Labute approximate surface area is 150 Å². The summed E-state index contributed by atoms with van der Waals surface area (Å²) in [6, 6.07) is 8.21. The van der Waals surface area contributed by atoms with Crippen molar-refractivity contribution >= 4 is 10.9 Å². The van der Waals surface area contributed by atoms with Crippen LogP contribution in [0, 0.1) is 12.8 Å². The Morgan fingerprint density at radius 1 is 1.24 bits per heavy atom. The molecular formula is C20H30N4O. The van der Waals surface area contributed by atoms with E-state index in [0.29, 0.717) is 0 Å². The van der Waals surface area contributed by atoms with Crippen molar-refractivity contribution in [2.45, 2.75) is 39.3 Å². The summed E-state index contributed by atoms with van der Waals surface area (Å²) in [5, 5.41) is 10.7. The number of hydrogen-bond acceptors (Lipinski definition) is 5. The van der Waals surface area contributed by atoms with Crippen LogP contribution < -0.4 is 0 Å². The number of aliphatic hydroxyl groups is 1. The van der Waals surface area contributed by atoms with E-state index in [4.69, 9.17) is 9.97 Å². The molecule has 0 aliphatic carbocycles. The van der Waals surface area contributed by atoms with E-state index in [2.05, 4.69) is 35.9 Å². The van der Waals surface area contributed by atoms with Crippen LogP contribution in [0.2, 0.25) is 0 Å². The minimum atomic E-state index is -0.229. The molecule has 0 spiro atoms. The molecule has 25 heavy (non-hydrogen) atoms. The van der Waals surface area contributed by atoms with E-state index in [1.807, 2.05) is 19.1 Å². The molecule has 0 unspecified atom stereocenters. The SMILES string of the molecule is Cc1nc(CN(C)CC2CCN(C[C@@H](C)O)CC2)nc2ccccc12. The number of aromatic nitrogens is 2. The van der Waals surface area contributed by atoms with Crippen LogP contribution in [0.3, 0.4) is 0 Å². The molecule has 1 aliphatic heterocycles. The maximum Gasteiger partial charge on any atom is 0.143 e. The van der Waals surface area contributed by atoms with Gasteiger partial charge in [0.1, 0.15) is 5.82 Å². The second-order valence-corrected chi connectivity index (χ2v) is 7.53. The monoisotopic (exact) mass is 342 g/mol. The van der Waals surface area contributed by atoms with Crippen molar-refractivity contribution in [3.05, 3.63) is 35.8 Å². The molecule has 1 saturated heterocycles. The lowest BCUT2D eigenvalue weighted by atomic mass is 9.96. The van der Waals surface area contributed by atoms with Crippen molar-refractivity contribution in [3.63, 3.8) is 0 Å². The minimum Gasteiger partial charge on any atom is -0.392 e. The maximum atomic E-state index is 9.51. The zero-order valence-corrected chi connectivity index (χ0v) is 15.6. The van der Waals surface area contributed by atoms with E-state index < -0.39 is 0 Å². The number of hydrogen-bond donors (Lipinski definition) is 1. The largest absolute Gasteiger partial charge is 0.392 e. The van der Waals surface area contributed by atoms with Crippen molar-refractivity contribution in [2.24, 2.45) is 5.92 Å².